The van der Waals surface area contributed by atoms with Crippen LogP contribution < -0.4 is 0 Å². The molecule has 5 heteroatoms. The summed E-state index contributed by atoms with van der Waals surface area (Å²) in [4.78, 5) is 4.13. The first-order chi connectivity index (χ1) is 12.5. The van der Waals surface area contributed by atoms with Crippen molar-refractivity contribution in [1.29, 1.82) is 0 Å². The van der Waals surface area contributed by atoms with Crippen molar-refractivity contribution >= 4 is 11.5 Å². The molecule has 0 amide bonds. The SMILES string of the molecule is Cc1ccc(N=Nc2ccc(C#Cc3c(F)cc(C)cc3F)cn2)cc1. The molecule has 0 atom stereocenters. The first kappa shape index (κ1) is 17.4. The van der Waals surface area contributed by atoms with Crippen molar-refractivity contribution in [3.8, 4) is 11.8 Å². The molecule has 3 nitrogen and oxygen atoms in total. The Morgan fingerprint density at radius 2 is 1.50 bits per heavy atom. The molecule has 0 fully saturated rings. The Morgan fingerprint density at radius 1 is 0.808 bits per heavy atom. The first-order valence-electron chi connectivity index (χ1n) is 7.93. The van der Waals surface area contributed by atoms with E-state index in [-0.39, 0.29) is 5.56 Å². The Bertz CT molecular complexity index is 989. The lowest BCUT2D eigenvalue weighted by Gasteiger charge is -1.99. The van der Waals surface area contributed by atoms with Crippen LogP contribution in [0, 0.1) is 37.3 Å². The fraction of sp³-hybridized carbons (Fsp3) is 0.0952. The first-order valence-corrected chi connectivity index (χ1v) is 7.93. The molecule has 0 bridgehead atoms. The van der Waals surface area contributed by atoms with Gasteiger partial charge in [0, 0.05) is 11.8 Å². The van der Waals surface area contributed by atoms with E-state index in [0.29, 0.717) is 16.9 Å². The van der Waals surface area contributed by atoms with Crippen LogP contribution in [0.1, 0.15) is 22.3 Å². The molecule has 0 N–H and O–H groups in total. The van der Waals surface area contributed by atoms with Gasteiger partial charge in [0.1, 0.15) is 11.6 Å². The van der Waals surface area contributed by atoms with Crippen molar-refractivity contribution in [2.75, 3.05) is 0 Å². The van der Waals surface area contributed by atoms with Gasteiger partial charge in [-0.25, -0.2) is 13.8 Å². The van der Waals surface area contributed by atoms with Gasteiger partial charge in [-0.05, 0) is 55.8 Å². The van der Waals surface area contributed by atoms with E-state index in [2.05, 4.69) is 27.1 Å². The van der Waals surface area contributed by atoms with Gasteiger partial charge in [0.15, 0.2) is 5.82 Å². The zero-order valence-corrected chi connectivity index (χ0v) is 14.3. The average molecular weight is 347 g/mol. The highest BCUT2D eigenvalue weighted by Gasteiger charge is 2.07. The molecule has 0 aliphatic carbocycles. The molecule has 128 valence electrons. The molecule has 26 heavy (non-hydrogen) atoms. The standard InChI is InChI=1S/C21H15F2N3/c1-14-3-7-17(8-4-14)25-26-21-10-6-16(13-24-21)5-9-18-19(22)11-15(2)12-20(18)23/h3-4,6-8,10-13H,1-2H3. The van der Waals surface area contributed by atoms with Crippen molar-refractivity contribution in [2.45, 2.75) is 13.8 Å². The topological polar surface area (TPSA) is 37.6 Å². The van der Waals surface area contributed by atoms with Crippen molar-refractivity contribution in [3.05, 3.63) is 88.6 Å². The molecule has 0 radical (unpaired) electrons. The molecule has 1 aromatic heterocycles. The minimum atomic E-state index is -0.675. The van der Waals surface area contributed by atoms with E-state index in [9.17, 15) is 8.78 Å². The van der Waals surface area contributed by atoms with Crippen molar-refractivity contribution < 1.29 is 8.78 Å². The quantitative estimate of drug-likeness (QED) is 0.427. The van der Waals surface area contributed by atoms with Gasteiger partial charge in [-0.2, -0.15) is 0 Å². The summed E-state index contributed by atoms with van der Waals surface area (Å²) in [6.45, 7) is 3.62. The van der Waals surface area contributed by atoms with Crippen LogP contribution in [0.25, 0.3) is 0 Å². The van der Waals surface area contributed by atoms with Gasteiger partial charge in [0.25, 0.3) is 0 Å². The van der Waals surface area contributed by atoms with E-state index in [1.54, 1.807) is 19.1 Å². The number of aromatic nitrogens is 1. The van der Waals surface area contributed by atoms with Crippen molar-refractivity contribution in [1.82, 2.24) is 4.98 Å². The van der Waals surface area contributed by atoms with E-state index in [1.165, 1.54) is 18.3 Å². The molecule has 0 aliphatic heterocycles. The van der Waals surface area contributed by atoms with Crippen LogP contribution >= 0.6 is 0 Å². The second-order valence-electron chi connectivity index (χ2n) is 5.79. The molecule has 1 heterocycles. The second kappa shape index (κ2) is 7.66. The minimum absolute atomic E-state index is 0.251. The molecule has 3 aromatic rings. The lowest BCUT2D eigenvalue weighted by atomic mass is 10.1. The normalized spacial score (nSPS) is 10.6. The number of hydrogen-bond acceptors (Lipinski definition) is 3. The fourth-order valence-corrected chi connectivity index (χ4v) is 2.19. The summed E-state index contributed by atoms with van der Waals surface area (Å²) in [6.07, 6.45) is 1.49. The molecule has 3 rings (SSSR count). The number of benzene rings is 2. The lowest BCUT2D eigenvalue weighted by Crippen LogP contribution is -1.91. The van der Waals surface area contributed by atoms with Crippen LogP contribution in [0.3, 0.4) is 0 Å². The van der Waals surface area contributed by atoms with Gasteiger partial charge in [-0.15, -0.1) is 10.2 Å². The smallest absolute Gasteiger partial charge is 0.174 e. The van der Waals surface area contributed by atoms with Gasteiger partial charge in [-0.3, -0.25) is 0 Å². The molecule has 0 aliphatic rings. The van der Waals surface area contributed by atoms with Crippen molar-refractivity contribution in [2.24, 2.45) is 10.2 Å². The van der Waals surface area contributed by atoms with E-state index in [1.807, 2.05) is 31.2 Å². The largest absolute Gasteiger partial charge is 0.234 e. The Kier molecular flexibility index (Phi) is 5.14. The third-order valence-electron chi connectivity index (χ3n) is 3.57. The number of pyridine rings is 1. The summed E-state index contributed by atoms with van der Waals surface area (Å²) in [6, 6.07) is 13.4. The summed E-state index contributed by atoms with van der Waals surface area (Å²) in [5.41, 5.74) is 2.66. The number of hydrogen-bond donors (Lipinski definition) is 0. The zero-order valence-electron chi connectivity index (χ0n) is 14.3. The van der Waals surface area contributed by atoms with Crippen LogP contribution in [-0.4, -0.2) is 4.98 Å². The average Bonchev–Trinajstić information content (AvgIpc) is 2.61. The van der Waals surface area contributed by atoms with Gasteiger partial charge in [-0.1, -0.05) is 29.5 Å². The summed E-state index contributed by atoms with van der Waals surface area (Å²) in [5.74, 6) is 4.29. The molecular formula is C21H15F2N3. The highest BCUT2D eigenvalue weighted by atomic mass is 19.1. The Morgan fingerprint density at radius 3 is 2.12 bits per heavy atom. The van der Waals surface area contributed by atoms with Crippen LogP contribution in [0.15, 0.2) is 65.0 Å². The maximum absolute atomic E-state index is 13.8. The van der Waals surface area contributed by atoms with Gasteiger partial charge in [0.2, 0.25) is 0 Å². The highest BCUT2D eigenvalue weighted by Crippen LogP contribution is 2.17. The van der Waals surface area contributed by atoms with Crippen LogP contribution in [0.2, 0.25) is 0 Å². The molecule has 0 unspecified atom stereocenters. The maximum Gasteiger partial charge on any atom is 0.174 e. The second-order valence-corrected chi connectivity index (χ2v) is 5.79. The van der Waals surface area contributed by atoms with Crippen LogP contribution in [-0.2, 0) is 0 Å². The Balaban J connectivity index is 1.76. The number of azo groups is 1. The van der Waals surface area contributed by atoms with E-state index < -0.39 is 11.6 Å². The number of aryl methyl sites for hydroxylation is 2. The number of nitrogens with zero attached hydrogens (tertiary/aromatic N) is 3. The van der Waals surface area contributed by atoms with Crippen molar-refractivity contribution in [3.63, 3.8) is 0 Å². The summed E-state index contributed by atoms with van der Waals surface area (Å²) in [5, 5.41) is 8.15. The maximum atomic E-state index is 13.8. The van der Waals surface area contributed by atoms with Crippen LogP contribution in [0.5, 0.6) is 0 Å². The van der Waals surface area contributed by atoms with E-state index >= 15 is 0 Å². The lowest BCUT2D eigenvalue weighted by molar-refractivity contribution is 0.575. The predicted octanol–water partition coefficient (Wildman–Crippen LogP) is 5.79. The highest BCUT2D eigenvalue weighted by molar-refractivity contribution is 5.46. The van der Waals surface area contributed by atoms with Gasteiger partial charge >= 0.3 is 0 Å². The van der Waals surface area contributed by atoms with Gasteiger partial charge < -0.3 is 0 Å². The Hall–Kier alpha value is -3.39. The summed E-state index contributed by atoms with van der Waals surface area (Å²) in [7, 11) is 0. The Labute approximate surface area is 150 Å². The molecule has 0 spiro atoms. The summed E-state index contributed by atoms with van der Waals surface area (Å²) >= 11 is 0. The molecular weight excluding hydrogens is 332 g/mol. The van der Waals surface area contributed by atoms with Crippen LogP contribution in [0.4, 0.5) is 20.3 Å². The fourth-order valence-electron chi connectivity index (χ4n) is 2.19. The predicted molar refractivity (Wildman–Crippen MR) is 96.7 cm³/mol. The third kappa shape index (κ3) is 4.37. The molecule has 0 saturated heterocycles. The summed E-state index contributed by atoms with van der Waals surface area (Å²) < 4.78 is 27.6. The number of rotatable bonds is 2. The third-order valence-corrected chi connectivity index (χ3v) is 3.57. The number of halogens is 2. The molecule has 2 aromatic carbocycles. The molecule has 0 saturated carbocycles. The van der Waals surface area contributed by atoms with E-state index in [4.69, 9.17) is 0 Å². The minimum Gasteiger partial charge on any atom is -0.234 e. The van der Waals surface area contributed by atoms with Gasteiger partial charge in [0.05, 0.1) is 11.3 Å². The van der Waals surface area contributed by atoms with E-state index in [0.717, 1.165) is 11.3 Å². The zero-order chi connectivity index (χ0) is 18.5. The monoisotopic (exact) mass is 347 g/mol.